The quantitative estimate of drug-likeness (QED) is 0.792. The van der Waals surface area contributed by atoms with Crippen LogP contribution >= 0.6 is 0 Å². The third-order valence-corrected chi connectivity index (χ3v) is 4.18. The van der Waals surface area contributed by atoms with Crippen molar-refractivity contribution in [1.29, 1.82) is 0 Å². The van der Waals surface area contributed by atoms with Crippen LogP contribution < -0.4 is 5.32 Å². The molecule has 3 atom stereocenters. The van der Waals surface area contributed by atoms with E-state index in [1.807, 2.05) is 18.7 Å². The second kappa shape index (κ2) is 8.14. The van der Waals surface area contributed by atoms with E-state index < -0.39 is 0 Å². The molecule has 1 fully saturated rings. The van der Waals surface area contributed by atoms with Crippen LogP contribution in [0.1, 0.15) is 60.3 Å². The number of nitrogens with zero attached hydrogens (tertiary/aromatic N) is 1. The first-order chi connectivity index (χ1) is 9.76. The Hall–Kier alpha value is -0.610. The Morgan fingerprint density at radius 1 is 1.33 bits per heavy atom. The lowest BCUT2D eigenvalue weighted by Crippen LogP contribution is -2.54. The number of carbonyl (C=O) groups excluding carboxylic acids is 1. The van der Waals surface area contributed by atoms with Gasteiger partial charge in [-0.3, -0.25) is 4.79 Å². The van der Waals surface area contributed by atoms with Gasteiger partial charge in [0.05, 0.1) is 6.10 Å². The van der Waals surface area contributed by atoms with Crippen LogP contribution in [0.15, 0.2) is 0 Å². The van der Waals surface area contributed by atoms with E-state index in [0.29, 0.717) is 19.0 Å². The summed E-state index contributed by atoms with van der Waals surface area (Å²) in [7, 11) is 0. The van der Waals surface area contributed by atoms with E-state index in [2.05, 4.69) is 26.1 Å². The third-order valence-electron chi connectivity index (χ3n) is 4.18. The number of piperidine rings is 1. The van der Waals surface area contributed by atoms with Crippen LogP contribution in [0.2, 0.25) is 0 Å². The van der Waals surface area contributed by atoms with Gasteiger partial charge in [-0.2, -0.15) is 0 Å². The Labute approximate surface area is 130 Å². The van der Waals surface area contributed by atoms with E-state index in [0.717, 1.165) is 32.4 Å². The van der Waals surface area contributed by atoms with Crippen molar-refractivity contribution in [2.75, 3.05) is 19.6 Å². The number of nitrogens with one attached hydrogen (secondary N) is 1. The molecular weight excluding hydrogens is 264 g/mol. The summed E-state index contributed by atoms with van der Waals surface area (Å²) < 4.78 is 0. The van der Waals surface area contributed by atoms with Crippen molar-refractivity contribution in [2.45, 2.75) is 72.4 Å². The summed E-state index contributed by atoms with van der Waals surface area (Å²) in [5.41, 5.74) is 0.231. The molecule has 0 aromatic heterocycles. The molecule has 0 aromatic carbocycles. The normalized spacial score (nSPS) is 25.0. The molecule has 2 N–H and O–H groups in total. The highest BCUT2D eigenvalue weighted by atomic mass is 16.3. The lowest BCUT2D eigenvalue weighted by Gasteiger charge is -2.40. The first-order valence-corrected chi connectivity index (χ1v) is 8.46. The van der Waals surface area contributed by atoms with Gasteiger partial charge in [0, 0.05) is 38.0 Å². The molecule has 0 bridgehead atoms. The van der Waals surface area contributed by atoms with E-state index >= 15 is 0 Å². The lowest BCUT2D eigenvalue weighted by atomic mass is 9.87. The van der Waals surface area contributed by atoms with Gasteiger partial charge in [-0.05, 0) is 24.7 Å². The summed E-state index contributed by atoms with van der Waals surface area (Å²) in [4.78, 5) is 14.2. The molecule has 0 aliphatic carbocycles. The molecule has 4 nitrogen and oxygen atoms in total. The zero-order valence-electron chi connectivity index (χ0n) is 14.5. The van der Waals surface area contributed by atoms with Gasteiger partial charge >= 0.3 is 0 Å². The predicted molar refractivity (Wildman–Crippen MR) is 87.1 cm³/mol. The summed E-state index contributed by atoms with van der Waals surface area (Å²) >= 11 is 0. The SMILES string of the molecule is CCCC(=O)N1CC(NCC(C)(C)C)CC(C(O)CC)C1. The van der Waals surface area contributed by atoms with Crippen molar-refractivity contribution in [1.82, 2.24) is 10.2 Å². The highest BCUT2D eigenvalue weighted by Crippen LogP contribution is 2.23. The monoisotopic (exact) mass is 298 g/mol. The third kappa shape index (κ3) is 6.35. The van der Waals surface area contributed by atoms with E-state index in [-0.39, 0.29) is 23.3 Å². The fourth-order valence-corrected chi connectivity index (χ4v) is 2.92. The highest BCUT2D eigenvalue weighted by Gasteiger charge is 2.33. The molecule has 0 saturated carbocycles. The zero-order valence-corrected chi connectivity index (χ0v) is 14.5. The van der Waals surface area contributed by atoms with Crippen LogP contribution in [0.3, 0.4) is 0 Å². The largest absolute Gasteiger partial charge is 0.393 e. The maximum Gasteiger partial charge on any atom is 0.222 e. The first kappa shape index (κ1) is 18.4. The smallest absolute Gasteiger partial charge is 0.222 e. The molecule has 3 unspecified atom stereocenters. The second-order valence-electron chi connectivity index (χ2n) is 7.66. The minimum absolute atomic E-state index is 0.196. The van der Waals surface area contributed by atoms with Crippen LogP contribution in [0.4, 0.5) is 0 Å². The number of hydrogen-bond acceptors (Lipinski definition) is 3. The van der Waals surface area contributed by atoms with Gasteiger partial charge in [0.2, 0.25) is 5.91 Å². The van der Waals surface area contributed by atoms with Gasteiger partial charge in [0.15, 0.2) is 0 Å². The topological polar surface area (TPSA) is 52.6 Å². The number of likely N-dealkylation sites (tertiary alicyclic amines) is 1. The number of hydrogen-bond donors (Lipinski definition) is 2. The van der Waals surface area contributed by atoms with Gasteiger partial charge in [-0.1, -0.05) is 34.6 Å². The Kier molecular flexibility index (Phi) is 7.14. The van der Waals surface area contributed by atoms with Crippen LogP contribution in [-0.4, -0.2) is 47.7 Å². The molecule has 1 aliphatic rings. The molecule has 1 heterocycles. The number of amides is 1. The Balaban J connectivity index is 2.67. The fraction of sp³-hybridized carbons (Fsp3) is 0.941. The van der Waals surface area contributed by atoms with Crippen LogP contribution in [0.25, 0.3) is 0 Å². The van der Waals surface area contributed by atoms with Gasteiger partial charge < -0.3 is 15.3 Å². The predicted octanol–water partition coefficient (Wildman–Crippen LogP) is 2.41. The molecule has 21 heavy (non-hydrogen) atoms. The molecule has 124 valence electrons. The molecule has 1 saturated heterocycles. The van der Waals surface area contributed by atoms with Gasteiger partial charge in [-0.15, -0.1) is 0 Å². The van der Waals surface area contributed by atoms with Gasteiger partial charge in [0.25, 0.3) is 0 Å². The second-order valence-corrected chi connectivity index (χ2v) is 7.66. The van der Waals surface area contributed by atoms with Crippen molar-refractivity contribution in [3.8, 4) is 0 Å². The Morgan fingerprint density at radius 2 is 2.00 bits per heavy atom. The lowest BCUT2D eigenvalue weighted by molar-refractivity contribution is -0.134. The van der Waals surface area contributed by atoms with Crippen molar-refractivity contribution in [2.24, 2.45) is 11.3 Å². The fourth-order valence-electron chi connectivity index (χ4n) is 2.92. The highest BCUT2D eigenvalue weighted by molar-refractivity contribution is 5.76. The van der Waals surface area contributed by atoms with E-state index in [1.54, 1.807) is 0 Å². The summed E-state index contributed by atoms with van der Waals surface area (Å²) in [6, 6.07) is 0.296. The number of aliphatic hydroxyl groups is 1. The molecule has 0 spiro atoms. The number of carbonyl (C=O) groups is 1. The van der Waals surface area contributed by atoms with E-state index in [4.69, 9.17) is 0 Å². The van der Waals surface area contributed by atoms with Crippen LogP contribution in [0.5, 0.6) is 0 Å². The summed E-state index contributed by atoms with van der Waals surface area (Å²) in [5, 5.41) is 13.8. The molecule has 4 heteroatoms. The van der Waals surface area contributed by atoms with Crippen molar-refractivity contribution in [3.05, 3.63) is 0 Å². The molecule has 1 rings (SSSR count). The molecule has 0 aromatic rings. The minimum Gasteiger partial charge on any atom is -0.393 e. The maximum absolute atomic E-state index is 12.2. The summed E-state index contributed by atoms with van der Waals surface area (Å²) in [6.07, 6.45) is 2.91. The molecule has 1 amide bonds. The average Bonchev–Trinajstić information content (AvgIpc) is 2.43. The molecule has 1 aliphatic heterocycles. The van der Waals surface area contributed by atoms with Gasteiger partial charge in [-0.25, -0.2) is 0 Å². The zero-order chi connectivity index (χ0) is 16.0. The Bertz CT molecular complexity index is 325. The minimum atomic E-state index is -0.304. The van der Waals surface area contributed by atoms with E-state index in [1.165, 1.54) is 0 Å². The van der Waals surface area contributed by atoms with Crippen LogP contribution in [0, 0.1) is 11.3 Å². The maximum atomic E-state index is 12.2. The number of rotatable bonds is 6. The van der Waals surface area contributed by atoms with Crippen molar-refractivity contribution in [3.63, 3.8) is 0 Å². The average molecular weight is 298 g/mol. The van der Waals surface area contributed by atoms with Crippen LogP contribution in [-0.2, 0) is 4.79 Å². The molecular formula is C17H34N2O2. The Morgan fingerprint density at radius 3 is 2.52 bits per heavy atom. The summed E-state index contributed by atoms with van der Waals surface area (Å²) in [5.74, 6) is 0.426. The standard InChI is InChI=1S/C17H34N2O2/c1-6-8-16(21)19-10-13(15(20)7-2)9-14(11-19)18-12-17(3,4)5/h13-15,18,20H,6-12H2,1-5H3. The van der Waals surface area contributed by atoms with E-state index in [9.17, 15) is 9.90 Å². The number of aliphatic hydroxyl groups excluding tert-OH is 1. The first-order valence-electron chi connectivity index (χ1n) is 8.46. The van der Waals surface area contributed by atoms with Crippen molar-refractivity contribution < 1.29 is 9.90 Å². The summed E-state index contributed by atoms with van der Waals surface area (Å²) in [6.45, 7) is 13.1. The molecule has 0 radical (unpaired) electrons. The van der Waals surface area contributed by atoms with Crippen molar-refractivity contribution >= 4 is 5.91 Å². The van der Waals surface area contributed by atoms with Gasteiger partial charge in [0.1, 0.15) is 0 Å².